The molecule has 0 aliphatic carbocycles. The highest BCUT2D eigenvalue weighted by atomic mass is 32.1. The van der Waals surface area contributed by atoms with Crippen LogP contribution in [0.5, 0.6) is 0 Å². The Morgan fingerprint density at radius 1 is 1.82 bits per heavy atom. The Bertz CT molecular complexity index is 272. The van der Waals surface area contributed by atoms with E-state index in [2.05, 4.69) is 16.2 Å². The summed E-state index contributed by atoms with van der Waals surface area (Å²) in [6, 6.07) is 0.0561. The second kappa shape index (κ2) is 3.40. The number of terminal acetylenes is 1. The molecule has 0 aliphatic heterocycles. The van der Waals surface area contributed by atoms with Crippen molar-refractivity contribution in [2.45, 2.75) is 19.9 Å². The third-order valence-corrected chi connectivity index (χ3v) is 2.10. The molecule has 0 amide bonds. The van der Waals surface area contributed by atoms with Crippen molar-refractivity contribution in [3.05, 3.63) is 11.1 Å². The zero-order chi connectivity index (χ0) is 8.27. The van der Waals surface area contributed by atoms with Crippen molar-refractivity contribution in [3.63, 3.8) is 0 Å². The number of rotatable bonds is 2. The summed E-state index contributed by atoms with van der Waals surface area (Å²) in [7, 11) is 0. The van der Waals surface area contributed by atoms with Gasteiger partial charge in [-0.25, -0.2) is 4.98 Å². The average molecular weight is 166 g/mol. The van der Waals surface area contributed by atoms with Crippen LogP contribution in [0.2, 0.25) is 0 Å². The molecular weight excluding hydrogens is 156 g/mol. The van der Waals surface area contributed by atoms with E-state index in [1.54, 1.807) is 11.3 Å². The smallest absolute Gasteiger partial charge is 0.183 e. The molecule has 1 heterocycles. The third kappa shape index (κ3) is 2.24. The fraction of sp³-hybridized carbons (Fsp3) is 0.375. The molecule has 1 atom stereocenters. The van der Waals surface area contributed by atoms with Gasteiger partial charge in [0.15, 0.2) is 5.13 Å². The van der Waals surface area contributed by atoms with Crippen molar-refractivity contribution in [3.8, 4) is 12.3 Å². The Labute approximate surface area is 70.7 Å². The normalized spacial score (nSPS) is 12.1. The molecule has 1 aromatic heterocycles. The first-order chi connectivity index (χ1) is 5.22. The van der Waals surface area contributed by atoms with Crippen molar-refractivity contribution in [1.82, 2.24) is 4.98 Å². The van der Waals surface area contributed by atoms with E-state index in [1.807, 2.05) is 19.2 Å². The van der Waals surface area contributed by atoms with E-state index in [0.717, 1.165) is 10.8 Å². The molecule has 58 valence electrons. The van der Waals surface area contributed by atoms with Crippen molar-refractivity contribution in [2.75, 3.05) is 5.32 Å². The van der Waals surface area contributed by atoms with Crippen molar-refractivity contribution in [2.24, 2.45) is 0 Å². The maximum atomic E-state index is 5.19. The van der Waals surface area contributed by atoms with Crippen LogP contribution < -0.4 is 5.32 Å². The number of hydrogen-bond donors (Lipinski definition) is 1. The molecule has 0 aliphatic rings. The first-order valence-electron chi connectivity index (χ1n) is 3.37. The second-order valence-corrected chi connectivity index (χ2v) is 3.18. The zero-order valence-electron chi connectivity index (χ0n) is 6.59. The molecule has 0 spiro atoms. The monoisotopic (exact) mass is 166 g/mol. The zero-order valence-corrected chi connectivity index (χ0v) is 7.40. The van der Waals surface area contributed by atoms with Crippen molar-refractivity contribution >= 4 is 16.5 Å². The molecule has 11 heavy (non-hydrogen) atoms. The number of nitrogens with zero attached hydrogens (tertiary/aromatic N) is 1. The van der Waals surface area contributed by atoms with Gasteiger partial charge in [0.05, 0.1) is 11.7 Å². The van der Waals surface area contributed by atoms with Gasteiger partial charge in [-0.15, -0.1) is 17.8 Å². The van der Waals surface area contributed by atoms with Gasteiger partial charge in [-0.2, -0.15) is 0 Å². The van der Waals surface area contributed by atoms with Crippen molar-refractivity contribution in [1.29, 1.82) is 0 Å². The van der Waals surface area contributed by atoms with E-state index in [-0.39, 0.29) is 6.04 Å². The molecule has 0 bridgehead atoms. The van der Waals surface area contributed by atoms with Gasteiger partial charge in [0.25, 0.3) is 0 Å². The van der Waals surface area contributed by atoms with Crippen LogP contribution in [0.3, 0.4) is 0 Å². The largest absolute Gasteiger partial charge is 0.348 e. The van der Waals surface area contributed by atoms with Crippen LogP contribution >= 0.6 is 11.3 Å². The summed E-state index contributed by atoms with van der Waals surface area (Å²) in [5.41, 5.74) is 1.03. The van der Waals surface area contributed by atoms with Gasteiger partial charge < -0.3 is 5.32 Å². The molecule has 0 fully saturated rings. The molecule has 2 nitrogen and oxygen atoms in total. The van der Waals surface area contributed by atoms with E-state index >= 15 is 0 Å². The molecule has 1 rings (SSSR count). The number of aromatic nitrogens is 1. The minimum absolute atomic E-state index is 0.0561. The lowest BCUT2D eigenvalue weighted by Crippen LogP contribution is -2.11. The molecule has 1 aromatic rings. The minimum Gasteiger partial charge on any atom is -0.348 e. The summed E-state index contributed by atoms with van der Waals surface area (Å²) in [4.78, 5) is 4.21. The van der Waals surface area contributed by atoms with Gasteiger partial charge in [-0.05, 0) is 13.8 Å². The number of aryl methyl sites for hydroxylation is 1. The van der Waals surface area contributed by atoms with Crippen LogP contribution in [0.4, 0.5) is 5.13 Å². The topological polar surface area (TPSA) is 24.9 Å². The Kier molecular flexibility index (Phi) is 2.50. The van der Waals surface area contributed by atoms with E-state index in [4.69, 9.17) is 6.42 Å². The Hall–Kier alpha value is -1.01. The van der Waals surface area contributed by atoms with E-state index in [1.165, 1.54) is 0 Å². The summed E-state index contributed by atoms with van der Waals surface area (Å²) in [5, 5.41) is 5.97. The highest BCUT2D eigenvalue weighted by Gasteiger charge is 1.99. The summed E-state index contributed by atoms with van der Waals surface area (Å²) < 4.78 is 0. The lowest BCUT2D eigenvalue weighted by molar-refractivity contribution is 1.02. The molecule has 0 radical (unpaired) electrons. The summed E-state index contributed by atoms with van der Waals surface area (Å²) in [5.74, 6) is 2.58. The SMILES string of the molecule is C#CC(C)Nc1nc(C)cs1. The highest BCUT2D eigenvalue weighted by molar-refractivity contribution is 7.13. The standard InChI is InChI=1S/C8H10N2S/c1-4-6(2)9-8-10-7(3)5-11-8/h1,5-6H,2-3H3,(H,9,10). The van der Waals surface area contributed by atoms with Crippen LogP contribution in [0, 0.1) is 19.3 Å². The van der Waals surface area contributed by atoms with Crippen LogP contribution in [-0.4, -0.2) is 11.0 Å². The maximum absolute atomic E-state index is 5.19. The van der Waals surface area contributed by atoms with Gasteiger partial charge in [0.2, 0.25) is 0 Å². The number of nitrogens with one attached hydrogen (secondary N) is 1. The van der Waals surface area contributed by atoms with Crippen LogP contribution in [0.1, 0.15) is 12.6 Å². The predicted molar refractivity (Wildman–Crippen MR) is 48.8 cm³/mol. The first-order valence-corrected chi connectivity index (χ1v) is 4.25. The Morgan fingerprint density at radius 2 is 2.55 bits per heavy atom. The number of anilines is 1. The van der Waals surface area contributed by atoms with E-state index in [9.17, 15) is 0 Å². The van der Waals surface area contributed by atoms with E-state index < -0.39 is 0 Å². The van der Waals surface area contributed by atoms with Crippen LogP contribution in [-0.2, 0) is 0 Å². The van der Waals surface area contributed by atoms with Gasteiger partial charge in [-0.1, -0.05) is 5.92 Å². The number of hydrogen-bond acceptors (Lipinski definition) is 3. The molecule has 0 aromatic carbocycles. The quantitative estimate of drug-likeness (QED) is 0.679. The average Bonchev–Trinajstić information content (AvgIpc) is 2.35. The fourth-order valence-electron chi connectivity index (χ4n) is 0.647. The molecular formula is C8H10N2S. The van der Waals surface area contributed by atoms with Crippen LogP contribution in [0.15, 0.2) is 5.38 Å². The van der Waals surface area contributed by atoms with E-state index in [0.29, 0.717) is 0 Å². The highest BCUT2D eigenvalue weighted by Crippen LogP contribution is 2.14. The third-order valence-electron chi connectivity index (χ3n) is 1.21. The lowest BCUT2D eigenvalue weighted by atomic mass is 10.4. The summed E-state index contributed by atoms with van der Waals surface area (Å²) in [6.07, 6.45) is 5.19. The van der Waals surface area contributed by atoms with Crippen LogP contribution in [0.25, 0.3) is 0 Å². The summed E-state index contributed by atoms with van der Waals surface area (Å²) >= 11 is 1.58. The molecule has 1 unspecified atom stereocenters. The maximum Gasteiger partial charge on any atom is 0.183 e. The summed E-state index contributed by atoms with van der Waals surface area (Å²) in [6.45, 7) is 3.89. The lowest BCUT2D eigenvalue weighted by Gasteiger charge is -2.03. The number of thiazole rings is 1. The van der Waals surface area contributed by atoms with Gasteiger partial charge in [0.1, 0.15) is 0 Å². The molecule has 3 heteroatoms. The van der Waals surface area contributed by atoms with Gasteiger partial charge >= 0.3 is 0 Å². The predicted octanol–water partition coefficient (Wildman–Crippen LogP) is 1.89. The Balaban J connectivity index is 2.59. The minimum atomic E-state index is 0.0561. The van der Waals surface area contributed by atoms with Crippen molar-refractivity contribution < 1.29 is 0 Å². The molecule has 0 saturated heterocycles. The second-order valence-electron chi connectivity index (χ2n) is 2.33. The van der Waals surface area contributed by atoms with Gasteiger partial charge in [0, 0.05) is 5.38 Å². The van der Waals surface area contributed by atoms with Gasteiger partial charge in [-0.3, -0.25) is 0 Å². The molecule has 1 N–H and O–H groups in total. The first kappa shape index (κ1) is 8.09. The molecule has 0 saturated carbocycles. The Morgan fingerprint density at radius 3 is 3.00 bits per heavy atom. The fourth-order valence-corrected chi connectivity index (χ4v) is 1.42.